The van der Waals surface area contributed by atoms with E-state index in [-0.39, 0.29) is 17.4 Å². The van der Waals surface area contributed by atoms with Crippen molar-refractivity contribution in [2.24, 2.45) is 0 Å². The molecule has 1 fully saturated rings. The molecular formula is C30H31ClN2O2. The number of nitrogens with one attached hydrogen (secondary N) is 1. The molecule has 3 aliphatic rings. The summed E-state index contributed by atoms with van der Waals surface area (Å²) in [4.78, 5) is 15.3. The minimum atomic E-state index is 0.0153. The minimum Gasteiger partial charge on any atom is -0.496 e. The van der Waals surface area contributed by atoms with Crippen LogP contribution in [0.2, 0.25) is 5.02 Å². The number of fused-ring (bicyclic) bond motifs is 8. The molecular weight excluding hydrogens is 456 g/mol. The van der Waals surface area contributed by atoms with Crippen LogP contribution in [0.15, 0.2) is 66.7 Å². The molecule has 0 aromatic heterocycles. The Bertz CT molecular complexity index is 1270. The van der Waals surface area contributed by atoms with Crippen molar-refractivity contribution in [2.45, 2.75) is 43.1 Å². The second kappa shape index (κ2) is 9.00. The van der Waals surface area contributed by atoms with E-state index in [4.69, 9.17) is 16.3 Å². The topological polar surface area (TPSA) is 41.6 Å². The van der Waals surface area contributed by atoms with E-state index in [1.54, 1.807) is 7.11 Å². The molecule has 6 rings (SSSR count). The molecule has 2 unspecified atom stereocenters. The van der Waals surface area contributed by atoms with Gasteiger partial charge in [0.15, 0.2) is 0 Å². The van der Waals surface area contributed by atoms with Gasteiger partial charge >= 0.3 is 0 Å². The summed E-state index contributed by atoms with van der Waals surface area (Å²) < 4.78 is 5.40. The minimum absolute atomic E-state index is 0.0153. The van der Waals surface area contributed by atoms with Gasteiger partial charge in [0.2, 0.25) is 5.91 Å². The van der Waals surface area contributed by atoms with Crippen LogP contribution in [0.1, 0.15) is 53.0 Å². The summed E-state index contributed by atoms with van der Waals surface area (Å²) >= 11 is 6.48. The lowest BCUT2D eigenvalue weighted by Gasteiger charge is -2.40. The first-order valence-electron chi connectivity index (χ1n) is 12.6. The summed E-state index contributed by atoms with van der Waals surface area (Å²) in [5.41, 5.74) is 6.78. The standard InChI is InChI=1S/C30H31ClN2O2/c1-35-28-9-5-2-6-20(28)16-29(34)32-22-12-14-33(15-13-22)19-30-18-25(23-7-3-4-8-26(23)30)24-11-10-21(31)17-27(24)30/h2-11,17,22,25H,12-16,18-19H2,1H3,(H,32,34). The fourth-order valence-electron chi connectivity index (χ4n) is 6.74. The molecule has 1 amide bonds. The lowest BCUT2D eigenvalue weighted by Crippen LogP contribution is -2.48. The predicted molar refractivity (Wildman–Crippen MR) is 139 cm³/mol. The van der Waals surface area contributed by atoms with Crippen LogP contribution in [-0.4, -0.2) is 43.6 Å². The summed E-state index contributed by atoms with van der Waals surface area (Å²) in [6, 6.07) is 23.4. The first-order chi connectivity index (χ1) is 17.1. The van der Waals surface area contributed by atoms with Gasteiger partial charge < -0.3 is 15.0 Å². The van der Waals surface area contributed by atoms with Crippen molar-refractivity contribution in [3.63, 3.8) is 0 Å². The van der Waals surface area contributed by atoms with Gasteiger partial charge in [0.05, 0.1) is 13.5 Å². The normalized spacial score (nSPS) is 23.1. The number of nitrogens with zero attached hydrogens (tertiary/aromatic N) is 1. The maximum Gasteiger partial charge on any atom is 0.224 e. The smallest absolute Gasteiger partial charge is 0.224 e. The number of halogens is 1. The SMILES string of the molecule is COc1ccccc1CC(=O)NC1CCN(CC23CC(c4ccccc42)c2ccc(Cl)cc23)CC1. The second-order valence-electron chi connectivity index (χ2n) is 10.3. The molecule has 0 radical (unpaired) electrons. The van der Waals surface area contributed by atoms with E-state index in [1.165, 1.54) is 22.3 Å². The predicted octanol–water partition coefficient (Wildman–Crippen LogP) is 5.31. The van der Waals surface area contributed by atoms with Crippen LogP contribution in [0.5, 0.6) is 5.75 Å². The van der Waals surface area contributed by atoms with Gasteiger partial charge in [-0.3, -0.25) is 4.79 Å². The van der Waals surface area contributed by atoms with Crippen LogP contribution in [0.3, 0.4) is 0 Å². The highest BCUT2D eigenvalue weighted by Gasteiger charge is 2.53. The average molecular weight is 487 g/mol. The largest absolute Gasteiger partial charge is 0.496 e. The van der Waals surface area contributed by atoms with Gasteiger partial charge in [-0.25, -0.2) is 0 Å². The van der Waals surface area contributed by atoms with Crippen LogP contribution >= 0.6 is 11.6 Å². The number of hydrogen-bond donors (Lipinski definition) is 1. The highest BCUT2D eigenvalue weighted by Crippen LogP contribution is 2.60. The van der Waals surface area contributed by atoms with Gasteiger partial charge in [0.25, 0.3) is 0 Å². The molecule has 3 aromatic carbocycles. The van der Waals surface area contributed by atoms with Crippen molar-refractivity contribution in [3.05, 3.63) is 99.6 Å². The fourth-order valence-corrected chi connectivity index (χ4v) is 6.91. The summed E-state index contributed by atoms with van der Waals surface area (Å²) in [7, 11) is 1.65. The van der Waals surface area contributed by atoms with E-state index in [0.717, 1.165) is 55.2 Å². The first kappa shape index (κ1) is 22.6. The first-order valence-corrected chi connectivity index (χ1v) is 13.0. The zero-order valence-corrected chi connectivity index (χ0v) is 20.9. The number of para-hydroxylation sites is 1. The number of piperidine rings is 1. The van der Waals surface area contributed by atoms with Crippen molar-refractivity contribution in [1.29, 1.82) is 0 Å². The Kier molecular flexibility index (Phi) is 5.82. The van der Waals surface area contributed by atoms with Crippen molar-refractivity contribution >= 4 is 17.5 Å². The molecule has 5 heteroatoms. The Labute approximate surface area is 212 Å². The number of likely N-dealkylation sites (tertiary alicyclic amines) is 1. The molecule has 2 atom stereocenters. The van der Waals surface area contributed by atoms with Gasteiger partial charge in [-0.15, -0.1) is 0 Å². The highest BCUT2D eigenvalue weighted by atomic mass is 35.5. The Morgan fingerprint density at radius 1 is 1.03 bits per heavy atom. The number of rotatable bonds is 6. The van der Waals surface area contributed by atoms with Crippen molar-refractivity contribution < 1.29 is 9.53 Å². The number of carbonyl (C=O) groups is 1. The molecule has 1 heterocycles. The monoisotopic (exact) mass is 486 g/mol. The Balaban J connectivity index is 1.13. The Morgan fingerprint density at radius 2 is 1.77 bits per heavy atom. The molecule has 2 bridgehead atoms. The number of hydrogen-bond acceptors (Lipinski definition) is 3. The lowest BCUT2D eigenvalue weighted by molar-refractivity contribution is -0.121. The van der Waals surface area contributed by atoms with Crippen LogP contribution in [0.25, 0.3) is 0 Å². The summed E-state index contributed by atoms with van der Waals surface area (Å²) in [6.45, 7) is 2.99. The Hall–Kier alpha value is -2.82. The third kappa shape index (κ3) is 3.93. The van der Waals surface area contributed by atoms with E-state index in [0.29, 0.717) is 12.3 Å². The third-order valence-electron chi connectivity index (χ3n) is 8.30. The zero-order chi connectivity index (χ0) is 24.0. The van der Waals surface area contributed by atoms with Gasteiger partial charge in [-0.05, 0) is 59.7 Å². The van der Waals surface area contributed by atoms with E-state index in [9.17, 15) is 4.79 Å². The maximum absolute atomic E-state index is 12.7. The number of amides is 1. The molecule has 180 valence electrons. The second-order valence-corrected chi connectivity index (χ2v) is 10.7. The number of methoxy groups -OCH3 is 1. The number of carbonyl (C=O) groups excluding carboxylic acids is 1. The van der Waals surface area contributed by atoms with Crippen LogP contribution in [0.4, 0.5) is 0 Å². The number of ether oxygens (including phenoxy) is 1. The summed E-state index contributed by atoms with van der Waals surface area (Å²) in [6.07, 6.45) is 3.43. The number of benzene rings is 3. The van der Waals surface area contributed by atoms with E-state index < -0.39 is 0 Å². The van der Waals surface area contributed by atoms with E-state index >= 15 is 0 Å². The van der Waals surface area contributed by atoms with Crippen molar-refractivity contribution in [3.8, 4) is 5.75 Å². The lowest BCUT2D eigenvalue weighted by atomic mass is 9.74. The quantitative estimate of drug-likeness (QED) is 0.513. The summed E-state index contributed by atoms with van der Waals surface area (Å²) in [5, 5.41) is 4.09. The molecule has 1 N–H and O–H groups in total. The van der Waals surface area contributed by atoms with Crippen molar-refractivity contribution in [1.82, 2.24) is 10.2 Å². The van der Waals surface area contributed by atoms with Gasteiger partial charge in [-0.1, -0.05) is 60.1 Å². The molecule has 35 heavy (non-hydrogen) atoms. The third-order valence-corrected chi connectivity index (χ3v) is 8.54. The van der Waals surface area contributed by atoms with Crippen LogP contribution in [0, 0.1) is 0 Å². The molecule has 2 aliphatic carbocycles. The molecule has 4 nitrogen and oxygen atoms in total. The zero-order valence-electron chi connectivity index (χ0n) is 20.1. The van der Waals surface area contributed by atoms with Gasteiger partial charge in [0.1, 0.15) is 5.75 Å². The highest BCUT2D eigenvalue weighted by molar-refractivity contribution is 6.30. The summed E-state index contributed by atoms with van der Waals surface area (Å²) in [5.74, 6) is 1.31. The average Bonchev–Trinajstić information content (AvgIpc) is 3.37. The fraction of sp³-hybridized carbons (Fsp3) is 0.367. The van der Waals surface area contributed by atoms with Gasteiger partial charge in [0, 0.05) is 47.6 Å². The molecule has 0 saturated carbocycles. The molecule has 0 spiro atoms. The van der Waals surface area contributed by atoms with Gasteiger partial charge in [-0.2, -0.15) is 0 Å². The van der Waals surface area contributed by atoms with Crippen LogP contribution in [-0.2, 0) is 16.6 Å². The van der Waals surface area contributed by atoms with E-state index in [1.807, 2.05) is 30.3 Å². The molecule has 3 aromatic rings. The van der Waals surface area contributed by atoms with Crippen LogP contribution < -0.4 is 10.1 Å². The molecule has 1 aliphatic heterocycles. The van der Waals surface area contributed by atoms with Crippen molar-refractivity contribution in [2.75, 3.05) is 26.7 Å². The maximum atomic E-state index is 12.7. The van der Waals surface area contributed by atoms with E-state index in [2.05, 4.69) is 46.6 Å². The Morgan fingerprint density at radius 3 is 2.60 bits per heavy atom. The molecule has 1 saturated heterocycles.